The minimum absolute atomic E-state index is 0.133. The molecule has 1 rings (SSSR count). The molecule has 14 heavy (non-hydrogen) atoms. The first-order valence-corrected chi connectivity index (χ1v) is 4.95. The summed E-state index contributed by atoms with van der Waals surface area (Å²) in [5.74, 6) is 0.292. The van der Waals surface area contributed by atoms with Crippen molar-refractivity contribution in [2.75, 3.05) is 13.7 Å². The fourth-order valence-corrected chi connectivity index (χ4v) is 1.39. The van der Waals surface area contributed by atoms with Crippen LogP contribution in [0.1, 0.15) is 26.7 Å². The Kier molecular flexibility index (Phi) is 4.35. The number of methoxy groups -OCH3 is 1. The lowest BCUT2D eigenvalue weighted by Crippen LogP contribution is -2.18. The molecule has 0 amide bonds. The van der Waals surface area contributed by atoms with E-state index in [1.165, 1.54) is 7.11 Å². The quantitative estimate of drug-likeness (QED) is 0.645. The molecular formula is C10H18O4. The van der Waals surface area contributed by atoms with Crippen LogP contribution in [0, 0.1) is 5.92 Å². The summed E-state index contributed by atoms with van der Waals surface area (Å²) in [4.78, 5) is 10.9. The van der Waals surface area contributed by atoms with E-state index in [1.54, 1.807) is 0 Å². The van der Waals surface area contributed by atoms with Crippen LogP contribution in [0.15, 0.2) is 0 Å². The van der Waals surface area contributed by atoms with Crippen LogP contribution in [0.3, 0.4) is 0 Å². The fourth-order valence-electron chi connectivity index (χ4n) is 1.39. The van der Waals surface area contributed by atoms with Crippen molar-refractivity contribution in [1.29, 1.82) is 0 Å². The molecule has 0 N–H and O–H groups in total. The number of esters is 1. The molecule has 0 saturated carbocycles. The lowest BCUT2D eigenvalue weighted by molar-refractivity contribution is -0.144. The molecule has 1 aliphatic rings. The first-order valence-electron chi connectivity index (χ1n) is 4.95. The standard InChI is InChI=1S/C10H18O4/c1-7(2)4-10-13-6-8(14-10)5-9(11)12-3/h7-8,10H,4-6H2,1-3H3. The lowest BCUT2D eigenvalue weighted by Gasteiger charge is -2.12. The highest BCUT2D eigenvalue weighted by Crippen LogP contribution is 2.20. The predicted octanol–water partition coefficient (Wildman–Crippen LogP) is 1.34. The third-order valence-corrected chi connectivity index (χ3v) is 2.10. The summed E-state index contributed by atoms with van der Waals surface area (Å²) in [6, 6.07) is 0. The van der Waals surface area contributed by atoms with E-state index in [0.717, 1.165) is 6.42 Å². The van der Waals surface area contributed by atoms with Gasteiger partial charge < -0.3 is 14.2 Å². The highest BCUT2D eigenvalue weighted by Gasteiger charge is 2.28. The Balaban J connectivity index is 2.23. The van der Waals surface area contributed by atoms with Crippen molar-refractivity contribution in [3.05, 3.63) is 0 Å². The van der Waals surface area contributed by atoms with Crippen LogP contribution in [-0.4, -0.2) is 32.1 Å². The van der Waals surface area contributed by atoms with Gasteiger partial charge in [0.2, 0.25) is 0 Å². The molecule has 0 aromatic carbocycles. The summed E-state index contributed by atoms with van der Waals surface area (Å²) >= 11 is 0. The van der Waals surface area contributed by atoms with Gasteiger partial charge in [0.25, 0.3) is 0 Å². The van der Waals surface area contributed by atoms with Crippen molar-refractivity contribution in [3.63, 3.8) is 0 Å². The van der Waals surface area contributed by atoms with Gasteiger partial charge in [-0.05, 0) is 5.92 Å². The van der Waals surface area contributed by atoms with Crippen LogP contribution in [0.2, 0.25) is 0 Å². The first-order chi connectivity index (χ1) is 6.61. The molecule has 1 fully saturated rings. The zero-order valence-corrected chi connectivity index (χ0v) is 8.99. The van der Waals surface area contributed by atoms with Crippen LogP contribution >= 0.6 is 0 Å². The maximum absolute atomic E-state index is 10.9. The van der Waals surface area contributed by atoms with Gasteiger partial charge in [-0.1, -0.05) is 13.8 Å². The lowest BCUT2D eigenvalue weighted by atomic mass is 10.1. The minimum Gasteiger partial charge on any atom is -0.469 e. The van der Waals surface area contributed by atoms with Crippen LogP contribution < -0.4 is 0 Å². The number of hydrogen-bond donors (Lipinski definition) is 0. The van der Waals surface area contributed by atoms with E-state index in [0.29, 0.717) is 12.5 Å². The van der Waals surface area contributed by atoms with Crippen molar-refractivity contribution in [2.24, 2.45) is 5.92 Å². The Morgan fingerprint density at radius 2 is 2.29 bits per heavy atom. The first kappa shape index (κ1) is 11.5. The van der Waals surface area contributed by atoms with Crippen molar-refractivity contribution >= 4 is 5.97 Å². The molecule has 1 heterocycles. The molecule has 1 aliphatic heterocycles. The number of carbonyl (C=O) groups excluding carboxylic acids is 1. The van der Waals surface area contributed by atoms with Crippen molar-refractivity contribution in [1.82, 2.24) is 0 Å². The molecule has 82 valence electrons. The number of rotatable bonds is 4. The van der Waals surface area contributed by atoms with Gasteiger partial charge in [0.05, 0.1) is 26.2 Å². The molecule has 2 atom stereocenters. The number of ether oxygens (including phenoxy) is 3. The summed E-state index contributed by atoms with van der Waals surface area (Å²) < 4.78 is 15.5. The Labute approximate surface area is 84.5 Å². The fraction of sp³-hybridized carbons (Fsp3) is 0.900. The predicted molar refractivity (Wildman–Crippen MR) is 50.7 cm³/mol. The minimum atomic E-state index is -0.246. The monoisotopic (exact) mass is 202 g/mol. The second-order valence-electron chi connectivity index (χ2n) is 3.93. The van der Waals surface area contributed by atoms with Crippen molar-refractivity contribution < 1.29 is 19.0 Å². The maximum atomic E-state index is 10.9. The van der Waals surface area contributed by atoms with Crippen LogP contribution in [0.5, 0.6) is 0 Å². The molecule has 0 aromatic heterocycles. The molecule has 2 unspecified atom stereocenters. The number of carbonyl (C=O) groups is 1. The average molecular weight is 202 g/mol. The molecule has 1 saturated heterocycles. The number of hydrogen-bond acceptors (Lipinski definition) is 4. The third kappa shape index (κ3) is 3.64. The van der Waals surface area contributed by atoms with Gasteiger partial charge in [0.15, 0.2) is 6.29 Å². The summed E-state index contributed by atoms with van der Waals surface area (Å²) in [5, 5.41) is 0. The van der Waals surface area contributed by atoms with Gasteiger partial charge in [-0.3, -0.25) is 4.79 Å². The Morgan fingerprint density at radius 1 is 1.57 bits per heavy atom. The van der Waals surface area contributed by atoms with E-state index in [9.17, 15) is 4.79 Å². The highest BCUT2D eigenvalue weighted by molar-refractivity contribution is 5.69. The van der Waals surface area contributed by atoms with Gasteiger partial charge in [-0.2, -0.15) is 0 Å². The SMILES string of the molecule is COC(=O)CC1COC(CC(C)C)O1. The van der Waals surface area contributed by atoms with E-state index in [-0.39, 0.29) is 24.8 Å². The second-order valence-corrected chi connectivity index (χ2v) is 3.93. The van der Waals surface area contributed by atoms with Gasteiger partial charge in [-0.25, -0.2) is 0 Å². The van der Waals surface area contributed by atoms with Crippen LogP contribution in [0.4, 0.5) is 0 Å². The smallest absolute Gasteiger partial charge is 0.308 e. The zero-order chi connectivity index (χ0) is 10.6. The molecule has 0 spiro atoms. The normalized spacial score (nSPS) is 26.9. The molecule has 0 aliphatic carbocycles. The third-order valence-electron chi connectivity index (χ3n) is 2.10. The summed E-state index contributed by atoms with van der Waals surface area (Å²) in [6.07, 6.45) is 0.874. The second kappa shape index (κ2) is 5.32. The van der Waals surface area contributed by atoms with Gasteiger partial charge in [-0.15, -0.1) is 0 Å². The molecule has 0 bridgehead atoms. The van der Waals surface area contributed by atoms with Crippen LogP contribution in [0.25, 0.3) is 0 Å². The summed E-state index contributed by atoms with van der Waals surface area (Å²) in [7, 11) is 1.38. The van der Waals surface area contributed by atoms with Crippen LogP contribution in [-0.2, 0) is 19.0 Å². The van der Waals surface area contributed by atoms with Gasteiger partial charge in [0, 0.05) is 6.42 Å². The van der Waals surface area contributed by atoms with E-state index in [2.05, 4.69) is 18.6 Å². The molecule has 4 heteroatoms. The van der Waals surface area contributed by atoms with E-state index >= 15 is 0 Å². The Hall–Kier alpha value is -0.610. The molecular weight excluding hydrogens is 184 g/mol. The zero-order valence-electron chi connectivity index (χ0n) is 8.99. The Bertz CT molecular complexity index is 191. The summed E-state index contributed by atoms with van der Waals surface area (Å²) in [5.41, 5.74) is 0. The maximum Gasteiger partial charge on any atom is 0.308 e. The van der Waals surface area contributed by atoms with E-state index in [1.807, 2.05) is 0 Å². The highest BCUT2D eigenvalue weighted by atomic mass is 16.7. The van der Waals surface area contributed by atoms with Crippen molar-refractivity contribution in [2.45, 2.75) is 39.1 Å². The molecule has 0 radical (unpaired) electrons. The van der Waals surface area contributed by atoms with Crippen molar-refractivity contribution in [3.8, 4) is 0 Å². The van der Waals surface area contributed by atoms with Gasteiger partial charge in [0.1, 0.15) is 0 Å². The Morgan fingerprint density at radius 3 is 2.86 bits per heavy atom. The van der Waals surface area contributed by atoms with E-state index in [4.69, 9.17) is 9.47 Å². The summed E-state index contributed by atoms with van der Waals surface area (Å²) in [6.45, 7) is 4.72. The van der Waals surface area contributed by atoms with E-state index < -0.39 is 0 Å². The molecule has 4 nitrogen and oxygen atoms in total. The molecule has 0 aromatic rings. The average Bonchev–Trinajstić information content (AvgIpc) is 2.51. The van der Waals surface area contributed by atoms with Gasteiger partial charge >= 0.3 is 5.97 Å². The topological polar surface area (TPSA) is 44.8 Å². The largest absolute Gasteiger partial charge is 0.469 e.